The SMILES string of the molecule is CCNC(=NCc1cccc(C(N)=O)c1)NCC(C)N1CCOCC1. The first-order valence-corrected chi connectivity index (χ1v) is 8.83. The van der Waals surface area contributed by atoms with Crippen LogP contribution in [0.1, 0.15) is 29.8 Å². The second-order valence-electron chi connectivity index (χ2n) is 6.14. The number of hydrogen-bond acceptors (Lipinski definition) is 4. The summed E-state index contributed by atoms with van der Waals surface area (Å²) >= 11 is 0. The number of amides is 1. The van der Waals surface area contributed by atoms with Crippen LogP contribution in [-0.4, -0.2) is 62.2 Å². The summed E-state index contributed by atoms with van der Waals surface area (Å²) in [5.41, 5.74) is 6.78. The molecule has 0 aromatic heterocycles. The fraction of sp³-hybridized carbons (Fsp3) is 0.556. The van der Waals surface area contributed by atoms with Gasteiger partial charge in [-0.2, -0.15) is 0 Å². The smallest absolute Gasteiger partial charge is 0.248 e. The van der Waals surface area contributed by atoms with Gasteiger partial charge in [0.15, 0.2) is 5.96 Å². The lowest BCUT2D eigenvalue weighted by molar-refractivity contribution is 0.0211. The lowest BCUT2D eigenvalue weighted by atomic mass is 10.1. The van der Waals surface area contributed by atoms with Gasteiger partial charge in [0.25, 0.3) is 0 Å². The zero-order valence-corrected chi connectivity index (χ0v) is 15.1. The average molecular weight is 347 g/mol. The van der Waals surface area contributed by atoms with Crippen LogP contribution in [0.25, 0.3) is 0 Å². The van der Waals surface area contributed by atoms with E-state index in [1.165, 1.54) is 0 Å². The third-order valence-corrected chi connectivity index (χ3v) is 4.21. The third kappa shape index (κ3) is 6.36. The molecule has 7 nitrogen and oxygen atoms in total. The molecule has 0 aliphatic carbocycles. The molecular weight excluding hydrogens is 318 g/mol. The maximum absolute atomic E-state index is 11.3. The van der Waals surface area contributed by atoms with Gasteiger partial charge in [-0.3, -0.25) is 9.69 Å². The summed E-state index contributed by atoms with van der Waals surface area (Å²) < 4.78 is 5.40. The number of morpholine rings is 1. The molecule has 0 saturated carbocycles. The zero-order valence-electron chi connectivity index (χ0n) is 15.1. The minimum atomic E-state index is -0.421. The van der Waals surface area contributed by atoms with Crippen molar-refractivity contribution in [2.24, 2.45) is 10.7 Å². The van der Waals surface area contributed by atoms with Gasteiger partial charge in [-0.25, -0.2) is 4.99 Å². The fourth-order valence-electron chi connectivity index (χ4n) is 2.73. The number of primary amides is 1. The molecule has 1 heterocycles. The van der Waals surface area contributed by atoms with Gasteiger partial charge in [-0.1, -0.05) is 12.1 Å². The van der Waals surface area contributed by atoms with Crippen LogP contribution in [0.15, 0.2) is 29.3 Å². The molecule has 0 radical (unpaired) electrons. The number of hydrogen-bond donors (Lipinski definition) is 3. The summed E-state index contributed by atoms with van der Waals surface area (Å²) in [4.78, 5) is 18.3. The van der Waals surface area contributed by atoms with Crippen LogP contribution in [0.3, 0.4) is 0 Å². The van der Waals surface area contributed by atoms with E-state index >= 15 is 0 Å². The number of guanidine groups is 1. The minimum absolute atomic E-state index is 0.408. The van der Waals surface area contributed by atoms with Crippen molar-refractivity contribution in [3.63, 3.8) is 0 Å². The zero-order chi connectivity index (χ0) is 18.1. The van der Waals surface area contributed by atoms with Crippen molar-refractivity contribution in [1.29, 1.82) is 0 Å². The normalized spacial score (nSPS) is 17.1. The van der Waals surface area contributed by atoms with Crippen molar-refractivity contribution < 1.29 is 9.53 Å². The lowest BCUT2D eigenvalue weighted by Crippen LogP contribution is -2.49. The topological polar surface area (TPSA) is 92.0 Å². The summed E-state index contributed by atoms with van der Waals surface area (Å²) in [7, 11) is 0. The molecule has 1 aromatic rings. The number of benzene rings is 1. The quantitative estimate of drug-likeness (QED) is 0.495. The molecule has 0 spiro atoms. The summed E-state index contributed by atoms with van der Waals surface area (Å²) in [6, 6.07) is 7.67. The highest BCUT2D eigenvalue weighted by Gasteiger charge is 2.16. The third-order valence-electron chi connectivity index (χ3n) is 4.21. The first-order chi connectivity index (χ1) is 12.1. The number of aliphatic imine (C=N–C) groups is 1. The molecule has 1 aliphatic heterocycles. The number of ether oxygens (including phenoxy) is 1. The molecule has 4 N–H and O–H groups in total. The molecule has 138 valence electrons. The number of carbonyl (C=O) groups excluding carboxylic acids is 1. The van der Waals surface area contributed by atoms with E-state index in [2.05, 4.69) is 27.4 Å². The largest absolute Gasteiger partial charge is 0.379 e. The number of nitrogens with two attached hydrogens (primary N) is 1. The highest BCUT2D eigenvalue weighted by molar-refractivity contribution is 5.92. The van der Waals surface area contributed by atoms with Gasteiger partial charge >= 0.3 is 0 Å². The number of rotatable bonds is 7. The predicted octanol–water partition coefficient (Wildman–Crippen LogP) is 0.561. The minimum Gasteiger partial charge on any atom is -0.379 e. The number of nitrogens with zero attached hydrogens (tertiary/aromatic N) is 2. The summed E-state index contributed by atoms with van der Waals surface area (Å²) in [5, 5.41) is 6.64. The highest BCUT2D eigenvalue weighted by Crippen LogP contribution is 2.06. The van der Waals surface area contributed by atoms with E-state index in [0.717, 1.165) is 50.9 Å². The maximum Gasteiger partial charge on any atom is 0.248 e. The van der Waals surface area contributed by atoms with Gasteiger partial charge in [-0.05, 0) is 31.5 Å². The van der Waals surface area contributed by atoms with Crippen LogP contribution in [0.4, 0.5) is 0 Å². The first kappa shape index (κ1) is 19.2. The summed E-state index contributed by atoms with van der Waals surface area (Å²) in [6.45, 7) is 9.87. The Labute approximate surface area is 149 Å². The Morgan fingerprint density at radius 3 is 2.80 bits per heavy atom. The molecular formula is C18H29N5O2. The van der Waals surface area contributed by atoms with Gasteiger partial charge < -0.3 is 21.1 Å². The van der Waals surface area contributed by atoms with Crippen LogP contribution in [0, 0.1) is 0 Å². The van der Waals surface area contributed by atoms with Crippen molar-refractivity contribution in [3.05, 3.63) is 35.4 Å². The van der Waals surface area contributed by atoms with E-state index in [4.69, 9.17) is 10.5 Å². The fourth-order valence-corrected chi connectivity index (χ4v) is 2.73. The summed E-state index contributed by atoms with van der Waals surface area (Å²) in [5.74, 6) is 0.349. The van der Waals surface area contributed by atoms with Crippen molar-refractivity contribution in [1.82, 2.24) is 15.5 Å². The van der Waals surface area contributed by atoms with Gasteiger partial charge in [0.1, 0.15) is 0 Å². The Bertz CT molecular complexity index is 585. The van der Waals surface area contributed by atoms with Crippen molar-refractivity contribution in [2.45, 2.75) is 26.4 Å². The Balaban J connectivity index is 1.91. The molecule has 7 heteroatoms. The monoisotopic (exact) mass is 347 g/mol. The van der Waals surface area contributed by atoms with Gasteiger partial charge in [0.2, 0.25) is 5.91 Å². The van der Waals surface area contributed by atoms with E-state index in [0.29, 0.717) is 18.2 Å². The average Bonchev–Trinajstić information content (AvgIpc) is 2.64. The Kier molecular flexibility index (Phi) is 7.69. The van der Waals surface area contributed by atoms with E-state index in [1.807, 2.05) is 19.1 Å². The summed E-state index contributed by atoms with van der Waals surface area (Å²) in [6.07, 6.45) is 0. The second kappa shape index (κ2) is 10.0. The molecule has 1 aliphatic rings. The van der Waals surface area contributed by atoms with E-state index < -0.39 is 5.91 Å². The Hall–Kier alpha value is -2.12. The Morgan fingerprint density at radius 1 is 1.36 bits per heavy atom. The van der Waals surface area contributed by atoms with Crippen molar-refractivity contribution >= 4 is 11.9 Å². The van der Waals surface area contributed by atoms with Crippen LogP contribution in [-0.2, 0) is 11.3 Å². The molecule has 1 fully saturated rings. The van der Waals surface area contributed by atoms with Gasteiger partial charge in [-0.15, -0.1) is 0 Å². The van der Waals surface area contributed by atoms with E-state index in [-0.39, 0.29) is 0 Å². The molecule has 25 heavy (non-hydrogen) atoms. The van der Waals surface area contributed by atoms with Crippen molar-refractivity contribution in [2.75, 3.05) is 39.4 Å². The van der Waals surface area contributed by atoms with Gasteiger partial charge in [0.05, 0.1) is 19.8 Å². The van der Waals surface area contributed by atoms with Crippen molar-refractivity contribution in [3.8, 4) is 0 Å². The number of nitrogens with one attached hydrogen (secondary N) is 2. The maximum atomic E-state index is 11.3. The predicted molar refractivity (Wildman–Crippen MR) is 99.6 cm³/mol. The van der Waals surface area contributed by atoms with Crippen LogP contribution in [0.5, 0.6) is 0 Å². The van der Waals surface area contributed by atoms with E-state index in [1.54, 1.807) is 12.1 Å². The molecule has 2 rings (SSSR count). The first-order valence-electron chi connectivity index (χ1n) is 8.83. The van der Waals surface area contributed by atoms with E-state index in [9.17, 15) is 4.79 Å². The molecule has 1 aromatic carbocycles. The van der Waals surface area contributed by atoms with Crippen LogP contribution in [0.2, 0.25) is 0 Å². The molecule has 1 atom stereocenters. The number of carbonyl (C=O) groups is 1. The lowest BCUT2D eigenvalue weighted by Gasteiger charge is -2.32. The highest BCUT2D eigenvalue weighted by atomic mass is 16.5. The molecule has 1 saturated heterocycles. The van der Waals surface area contributed by atoms with Gasteiger partial charge in [0, 0.05) is 37.8 Å². The Morgan fingerprint density at radius 2 is 2.12 bits per heavy atom. The van der Waals surface area contributed by atoms with Crippen LogP contribution >= 0.6 is 0 Å². The second-order valence-corrected chi connectivity index (χ2v) is 6.14. The molecule has 1 unspecified atom stereocenters. The molecule has 0 bridgehead atoms. The van der Waals surface area contributed by atoms with Crippen LogP contribution < -0.4 is 16.4 Å². The standard InChI is InChI=1S/C18H29N5O2/c1-3-20-18(21-12-14(2)23-7-9-25-10-8-23)22-13-15-5-4-6-16(11-15)17(19)24/h4-6,11,14H,3,7-10,12-13H2,1-2H3,(H2,19,24)(H2,20,21,22). The molecule has 1 amide bonds.